The Morgan fingerprint density at radius 3 is 1.55 bits per heavy atom. The van der Waals surface area contributed by atoms with Crippen LogP contribution < -0.4 is 0 Å². The third-order valence-electron chi connectivity index (χ3n) is 0.365. The average Bonchev–Trinajstić information content (AvgIpc) is 1.63. The minimum atomic E-state index is -3.67. The van der Waals surface area contributed by atoms with Gasteiger partial charge in [-0.2, -0.15) is 0 Å². The van der Waals surface area contributed by atoms with Crippen LogP contribution >= 0.6 is 0 Å². The molecule has 0 aliphatic heterocycles. The van der Waals surface area contributed by atoms with Crippen LogP contribution in [0.5, 0.6) is 0 Å². The van der Waals surface area contributed by atoms with E-state index in [4.69, 9.17) is 5.11 Å². The number of rotatable bonds is 1. The van der Waals surface area contributed by atoms with E-state index >= 15 is 0 Å². The van der Waals surface area contributed by atoms with E-state index in [1.807, 2.05) is 0 Å². The van der Waals surface area contributed by atoms with Gasteiger partial charge in [0, 0.05) is 24.4 Å². The van der Waals surface area contributed by atoms with Gasteiger partial charge in [-0.15, -0.1) is 0 Å². The molecule has 0 rings (SSSR count). The Kier molecular flexibility index (Phi) is 14.9. The van der Waals surface area contributed by atoms with Crippen molar-refractivity contribution in [3.8, 4) is 0 Å². The summed E-state index contributed by atoms with van der Waals surface area (Å²) in [7, 11) is -3.67. The van der Waals surface area contributed by atoms with Crippen molar-refractivity contribution in [3.63, 3.8) is 0 Å². The molecule has 0 saturated carbocycles. The molecule has 0 saturated heterocycles. The van der Waals surface area contributed by atoms with Crippen molar-refractivity contribution < 1.29 is 22.8 Å². The second-order valence-corrected chi connectivity index (χ2v) is 1.33. The van der Waals surface area contributed by atoms with Crippen LogP contribution in [0, 0.1) is 0 Å². The first-order chi connectivity index (χ1) is 4.37. The fourth-order valence-corrected chi connectivity index (χ4v) is 0. The van der Waals surface area contributed by atoms with Crippen molar-refractivity contribution in [2.45, 2.75) is 6.92 Å². The van der Waals surface area contributed by atoms with Gasteiger partial charge in [-0.1, -0.05) is 6.58 Å². The van der Waals surface area contributed by atoms with Gasteiger partial charge in [0.2, 0.25) is 0 Å². The van der Waals surface area contributed by atoms with Gasteiger partial charge in [-0.05, 0) is 6.92 Å². The summed E-state index contributed by atoms with van der Waals surface area (Å²) < 4.78 is 29.0. The summed E-state index contributed by atoms with van der Waals surface area (Å²) in [6.45, 7) is 4.60. The van der Waals surface area contributed by atoms with Gasteiger partial charge in [-0.25, -0.2) is 4.79 Å². The van der Waals surface area contributed by atoms with E-state index in [2.05, 4.69) is 6.58 Å². The molecule has 0 fully saturated rings. The van der Waals surface area contributed by atoms with Crippen LogP contribution in [0.25, 0.3) is 0 Å². The van der Waals surface area contributed by atoms with Gasteiger partial charge in [0.25, 0.3) is 0 Å². The number of hydrogen-bond donors (Lipinski definition) is 1. The molecule has 0 aromatic rings. The first kappa shape index (κ1) is 17.0. The van der Waals surface area contributed by atoms with Crippen molar-refractivity contribution in [1.29, 1.82) is 0 Å². The van der Waals surface area contributed by atoms with Crippen molar-refractivity contribution in [3.05, 3.63) is 12.2 Å². The van der Waals surface area contributed by atoms with Gasteiger partial charge in [0.15, 0.2) is 0 Å². The molecule has 0 atom stereocenters. The summed E-state index contributed by atoms with van der Waals surface area (Å²) in [5.41, 5.74) is 0.176. The molecule has 0 aromatic heterocycles. The Morgan fingerprint density at radius 1 is 1.45 bits per heavy atom. The summed E-state index contributed by atoms with van der Waals surface area (Å²) in [6, 6.07) is 0. The first-order valence-electron chi connectivity index (χ1n) is 2.19. The number of halogens is 3. The van der Waals surface area contributed by atoms with Gasteiger partial charge >= 0.3 is 13.5 Å². The van der Waals surface area contributed by atoms with E-state index in [0.717, 1.165) is 0 Å². The molecule has 59 valence electrons. The van der Waals surface area contributed by atoms with Gasteiger partial charge in [-0.3, -0.25) is 12.9 Å². The van der Waals surface area contributed by atoms with Gasteiger partial charge in [0.1, 0.15) is 0 Å². The maximum absolute atomic E-state index is 9.67. The van der Waals surface area contributed by atoms with Crippen molar-refractivity contribution in [2.75, 3.05) is 0 Å². The largest absolute Gasteiger partial charge is 0.762 e. The molecule has 0 amide bonds. The molecule has 0 heterocycles. The quantitative estimate of drug-likeness (QED) is 0.462. The Morgan fingerprint density at radius 2 is 1.55 bits per heavy atom. The smallest absolute Gasteiger partial charge is 0.478 e. The Bertz CT molecular complexity index is 116. The van der Waals surface area contributed by atoms with E-state index in [1.54, 1.807) is 0 Å². The van der Waals surface area contributed by atoms with Crippen LogP contribution in [0.1, 0.15) is 6.92 Å². The molecule has 0 aliphatic rings. The van der Waals surface area contributed by atoms with Crippen molar-refractivity contribution in [2.24, 2.45) is 0 Å². The Balaban J connectivity index is -0.000000114. The molecule has 7 heteroatoms. The third-order valence-corrected chi connectivity index (χ3v) is 0.365. The molecule has 0 aromatic carbocycles. The number of hydrogen-bond acceptors (Lipinski definition) is 1. The molecule has 11 heavy (non-hydrogen) atoms. The Labute approximate surface area is 74.9 Å². The van der Waals surface area contributed by atoms with E-state index in [0.29, 0.717) is 0 Å². The van der Waals surface area contributed by atoms with E-state index in [1.165, 1.54) is 6.92 Å². The monoisotopic (exact) mass is 161 g/mol. The van der Waals surface area contributed by atoms with Crippen molar-refractivity contribution >= 4 is 32.4 Å². The summed E-state index contributed by atoms with van der Waals surface area (Å²) in [6.07, 6.45) is 0. The summed E-state index contributed by atoms with van der Waals surface area (Å²) in [5.74, 6) is -0.935. The van der Waals surface area contributed by atoms with Crippen LogP contribution in [0.4, 0.5) is 12.9 Å². The molecule has 1 radical (unpaired) electrons. The molecule has 0 bridgehead atoms. The molecule has 0 spiro atoms. The second kappa shape index (κ2) is 9.66. The minimum absolute atomic E-state index is 0. The van der Waals surface area contributed by atoms with Crippen LogP contribution in [-0.4, -0.2) is 37.5 Å². The molecular weight excluding hydrogens is 155 g/mol. The molecule has 0 aliphatic carbocycles. The topological polar surface area (TPSA) is 37.3 Å². The van der Waals surface area contributed by atoms with E-state index in [-0.39, 0.29) is 24.4 Å². The summed E-state index contributed by atoms with van der Waals surface area (Å²) >= 11 is 0. The maximum Gasteiger partial charge on any atom is 0.762 e. The van der Waals surface area contributed by atoms with Crippen LogP contribution in [0.3, 0.4) is 0 Å². The van der Waals surface area contributed by atoms with Crippen LogP contribution in [0.2, 0.25) is 0 Å². The van der Waals surface area contributed by atoms with E-state index < -0.39 is 13.5 Å². The van der Waals surface area contributed by atoms with E-state index in [9.17, 15) is 17.7 Å². The minimum Gasteiger partial charge on any atom is -0.478 e. The van der Waals surface area contributed by atoms with Crippen LogP contribution in [-0.2, 0) is 4.79 Å². The summed E-state index contributed by atoms with van der Waals surface area (Å²) in [5, 5.41) is 7.89. The fraction of sp³-hybridized carbons (Fsp3) is 0.250. The second-order valence-electron chi connectivity index (χ2n) is 1.33. The van der Waals surface area contributed by atoms with Crippen molar-refractivity contribution in [1.82, 2.24) is 0 Å². The SMILES string of the molecule is C=C(C)C(=O)O.FB(F)F.[Li]. The van der Waals surface area contributed by atoms with Crippen LogP contribution in [0.15, 0.2) is 12.2 Å². The average molecular weight is 161 g/mol. The number of aliphatic carboxylic acids is 1. The molecule has 1 N–H and O–H groups in total. The standard InChI is InChI=1S/C4H6O2.BF3.Li/c1-3(2)4(5)6;2-1(3)4;/h1H2,2H3,(H,5,6);;. The predicted octanol–water partition coefficient (Wildman–Crippen LogP) is 1.15. The predicted molar refractivity (Wildman–Crippen MR) is 37.3 cm³/mol. The molecule has 0 unspecified atom stereocenters. The van der Waals surface area contributed by atoms with Gasteiger partial charge in [0.05, 0.1) is 0 Å². The third kappa shape index (κ3) is 42.3. The number of carboxylic acids is 1. The zero-order valence-corrected chi connectivity index (χ0v) is 6.27. The normalized spacial score (nSPS) is 6.55. The number of carbonyl (C=O) groups is 1. The fourth-order valence-electron chi connectivity index (χ4n) is 0. The molecule has 2 nitrogen and oxygen atoms in total. The number of carboxylic acid groups (broad SMARTS) is 1. The maximum atomic E-state index is 9.67. The zero-order valence-electron chi connectivity index (χ0n) is 6.27. The van der Waals surface area contributed by atoms with Gasteiger partial charge < -0.3 is 5.11 Å². The molecular formula is C4H6BF3LiO2. The first-order valence-corrected chi connectivity index (χ1v) is 2.19. The summed E-state index contributed by atoms with van der Waals surface area (Å²) in [4.78, 5) is 9.60. The zero-order chi connectivity index (χ0) is 8.73. The Hall–Kier alpha value is -0.338.